The van der Waals surface area contributed by atoms with Crippen LogP contribution in [0.1, 0.15) is 46.3 Å². The van der Waals surface area contributed by atoms with Gasteiger partial charge >= 0.3 is 0 Å². The van der Waals surface area contributed by atoms with Crippen LogP contribution in [0.2, 0.25) is 0 Å². The van der Waals surface area contributed by atoms with Gasteiger partial charge in [0.05, 0.1) is 11.9 Å². The highest BCUT2D eigenvalue weighted by Crippen LogP contribution is 2.29. The van der Waals surface area contributed by atoms with Gasteiger partial charge < -0.3 is 10.1 Å². The van der Waals surface area contributed by atoms with Crippen molar-refractivity contribution in [2.45, 2.75) is 46.3 Å². The van der Waals surface area contributed by atoms with Gasteiger partial charge in [-0.05, 0) is 25.3 Å². The van der Waals surface area contributed by atoms with Gasteiger partial charge in [0.1, 0.15) is 5.69 Å². The van der Waals surface area contributed by atoms with Crippen LogP contribution in [0.4, 0.5) is 5.69 Å². The van der Waals surface area contributed by atoms with Crippen LogP contribution in [0.25, 0.3) is 11.3 Å². The fourth-order valence-corrected chi connectivity index (χ4v) is 2.60. The molecule has 0 spiro atoms. The number of aromatic nitrogens is 3. The van der Waals surface area contributed by atoms with Crippen molar-refractivity contribution in [1.29, 1.82) is 0 Å². The van der Waals surface area contributed by atoms with E-state index in [1.807, 2.05) is 51.2 Å². The normalized spacial score (nSPS) is 18.4. The summed E-state index contributed by atoms with van der Waals surface area (Å²) >= 11 is 0. The summed E-state index contributed by atoms with van der Waals surface area (Å²) in [5.41, 5.74) is 1.88. The van der Waals surface area contributed by atoms with Gasteiger partial charge in [0, 0.05) is 17.6 Å². The van der Waals surface area contributed by atoms with Crippen LogP contribution in [0.15, 0.2) is 30.5 Å². The van der Waals surface area contributed by atoms with Crippen molar-refractivity contribution in [3.8, 4) is 11.3 Å². The third-order valence-electron chi connectivity index (χ3n) is 4.09. The van der Waals surface area contributed by atoms with Crippen molar-refractivity contribution >= 4 is 11.6 Å². The van der Waals surface area contributed by atoms with Crippen LogP contribution in [0.5, 0.6) is 0 Å². The van der Waals surface area contributed by atoms with Crippen LogP contribution < -0.4 is 5.32 Å². The van der Waals surface area contributed by atoms with Gasteiger partial charge in [0.15, 0.2) is 6.23 Å². The SMILES string of the molecule is CC(C)(C)C(=O)Nc1ccccc1-c1cn(C2CCCCO2)nn1. The quantitative estimate of drug-likeness (QED) is 0.934. The minimum absolute atomic E-state index is 0.0297. The molecule has 1 aromatic heterocycles. The zero-order valence-electron chi connectivity index (χ0n) is 14.5. The molecule has 1 aliphatic rings. The molecular weight excluding hydrogens is 304 g/mol. The first-order chi connectivity index (χ1) is 11.4. The molecule has 1 fully saturated rings. The standard InChI is InChI=1S/C18H24N4O2/c1-18(2,3)17(23)19-14-9-5-4-8-13(14)15-12-22(21-20-15)16-10-6-7-11-24-16/h4-5,8-9,12,16H,6-7,10-11H2,1-3H3,(H,19,23). The molecule has 6 nitrogen and oxygen atoms in total. The molecule has 1 aliphatic heterocycles. The summed E-state index contributed by atoms with van der Waals surface area (Å²) in [4.78, 5) is 12.3. The molecule has 1 unspecified atom stereocenters. The Bertz CT molecular complexity index is 712. The summed E-state index contributed by atoms with van der Waals surface area (Å²) in [7, 11) is 0. The summed E-state index contributed by atoms with van der Waals surface area (Å²) in [6.07, 6.45) is 5.03. The number of hydrogen-bond acceptors (Lipinski definition) is 4. The number of ether oxygens (including phenoxy) is 1. The number of carbonyl (C=O) groups excluding carboxylic acids is 1. The molecule has 0 bridgehead atoms. The number of rotatable bonds is 3. The van der Waals surface area contributed by atoms with Crippen LogP contribution in [0.3, 0.4) is 0 Å². The molecule has 128 valence electrons. The minimum atomic E-state index is -0.458. The predicted molar refractivity (Wildman–Crippen MR) is 92.4 cm³/mol. The molecule has 0 radical (unpaired) electrons. The second-order valence-electron chi connectivity index (χ2n) is 7.15. The molecule has 24 heavy (non-hydrogen) atoms. The number of anilines is 1. The molecule has 1 amide bonds. The molecular formula is C18H24N4O2. The largest absolute Gasteiger partial charge is 0.356 e. The highest BCUT2D eigenvalue weighted by Gasteiger charge is 2.23. The predicted octanol–water partition coefficient (Wildman–Crippen LogP) is 3.63. The second-order valence-corrected chi connectivity index (χ2v) is 7.15. The van der Waals surface area contributed by atoms with Gasteiger partial charge in [-0.3, -0.25) is 4.79 Å². The van der Waals surface area contributed by atoms with E-state index < -0.39 is 5.41 Å². The van der Waals surface area contributed by atoms with Crippen molar-refractivity contribution < 1.29 is 9.53 Å². The third-order valence-corrected chi connectivity index (χ3v) is 4.09. The summed E-state index contributed by atoms with van der Waals surface area (Å²) in [6, 6.07) is 7.65. The van der Waals surface area contributed by atoms with Crippen LogP contribution in [-0.4, -0.2) is 27.5 Å². The zero-order chi connectivity index (χ0) is 17.2. The monoisotopic (exact) mass is 328 g/mol. The lowest BCUT2D eigenvalue weighted by molar-refractivity contribution is -0.123. The van der Waals surface area contributed by atoms with E-state index >= 15 is 0 Å². The smallest absolute Gasteiger partial charge is 0.229 e. The van der Waals surface area contributed by atoms with Gasteiger partial charge in [0.25, 0.3) is 0 Å². The van der Waals surface area contributed by atoms with Gasteiger partial charge in [-0.15, -0.1) is 5.10 Å². The summed E-state index contributed by atoms with van der Waals surface area (Å²) < 4.78 is 7.52. The first-order valence-electron chi connectivity index (χ1n) is 8.39. The Morgan fingerprint density at radius 1 is 1.29 bits per heavy atom. The lowest BCUT2D eigenvalue weighted by Gasteiger charge is -2.21. The summed E-state index contributed by atoms with van der Waals surface area (Å²) in [6.45, 7) is 6.43. The molecule has 2 aromatic rings. The first kappa shape index (κ1) is 16.6. The molecule has 1 aromatic carbocycles. The van der Waals surface area contributed by atoms with Gasteiger partial charge in [0.2, 0.25) is 5.91 Å². The summed E-state index contributed by atoms with van der Waals surface area (Å²) in [5, 5.41) is 11.5. The fourth-order valence-electron chi connectivity index (χ4n) is 2.60. The third kappa shape index (κ3) is 3.64. The lowest BCUT2D eigenvalue weighted by atomic mass is 9.95. The van der Waals surface area contributed by atoms with Crippen molar-refractivity contribution in [2.75, 3.05) is 11.9 Å². The number of carbonyl (C=O) groups is 1. The van der Waals surface area contributed by atoms with E-state index in [0.717, 1.165) is 42.8 Å². The Morgan fingerprint density at radius 3 is 2.79 bits per heavy atom. The van der Waals surface area contributed by atoms with E-state index in [0.29, 0.717) is 0 Å². The van der Waals surface area contributed by atoms with E-state index in [1.54, 1.807) is 4.68 Å². The molecule has 3 rings (SSSR count). The van der Waals surface area contributed by atoms with E-state index in [4.69, 9.17) is 4.74 Å². The highest BCUT2D eigenvalue weighted by molar-refractivity contribution is 5.97. The van der Waals surface area contributed by atoms with Crippen molar-refractivity contribution in [3.63, 3.8) is 0 Å². The Labute approximate surface area is 142 Å². The fraction of sp³-hybridized carbons (Fsp3) is 0.500. The number of nitrogens with one attached hydrogen (secondary N) is 1. The number of nitrogens with zero attached hydrogens (tertiary/aromatic N) is 3. The van der Waals surface area contributed by atoms with Gasteiger partial charge in [-0.25, -0.2) is 4.68 Å². The van der Waals surface area contributed by atoms with E-state index in [9.17, 15) is 4.79 Å². The Hall–Kier alpha value is -2.21. The molecule has 0 saturated carbocycles. The van der Waals surface area contributed by atoms with Gasteiger partial charge in [-0.1, -0.05) is 44.2 Å². The maximum Gasteiger partial charge on any atom is 0.229 e. The molecule has 1 N–H and O–H groups in total. The van der Waals surface area contributed by atoms with Crippen LogP contribution in [0, 0.1) is 5.41 Å². The van der Waals surface area contributed by atoms with Crippen LogP contribution >= 0.6 is 0 Å². The van der Waals surface area contributed by atoms with E-state index in [2.05, 4.69) is 15.6 Å². The van der Waals surface area contributed by atoms with E-state index in [1.165, 1.54) is 0 Å². The molecule has 1 atom stereocenters. The topological polar surface area (TPSA) is 69.0 Å². The van der Waals surface area contributed by atoms with Crippen LogP contribution in [-0.2, 0) is 9.53 Å². The molecule has 1 saturated heterocycles. The average molecular weight is 328 g/mol. The second kappa shape index (κ2) is 6.73. The lowest BCUT2D eigenvalue weighted by Crippen LogP contribution is -2.27. The Morgan fingerprint density at radius 2 is 2.08 bits per heavy atom. The molecule has 6 heteroatoms. The number of hydrogen-bond donors (Lipinski definition) is 1. The van der Waals surface area contributed by atoms with E-state index in [-0.39, 0.29) is 12.1 Å². The van der Waals surface area contributed by atoms with Gasteiger partial charge in [-0.2, -0.15) is 0 Å². The molecule has 0 aliphatic carbocycles. The number of benzene rings is 1. The molecule has 2 heterocycles. The van der Waals surface area contributed by atoms with Crippen molar-refractivity contribution in [3.05, 3.63) is 30.5 Å². The minimum Gasteiger partial charge on any atom is -0.356 e. The highest BCUT2D eigenvalue weighted by atomic mass is 16.5. The number of para-hydroxylation sites is 1. The zero-order valence-corrected chi connectivity index (χ0v) is 14.5. The van der Waals surface area contributed by atoms with Crippen molar-refractivity contribution in [2.24, 2.45) is 5.41 Å². The first-order valence-corrected chi connectivity index (χ1v) is 8.39. The number of amides is 1. The van der Waals surface area contributed by atoms with Crippen molar-refractivity contribution in [1.82, 2.24) is 15.0 Å². The maximum atomic E-state index is 12.3. The Balaban J connectivity index is 1.85. The summed E-state index contributed by atoms with van der Waals surface area (Å²) in [5.74, 6) is -0.0297. The Kier molecular flexibility index (Phi) is 4.66. The maximum absolute atomic E-state index is 12.3. The average Bonchev–Trinajstić information content (AvgIpc) is 3.05.